The van der Waals surface area contributed by atoms with Crippen LogP contribution in [0.1, 0.15) is 10.4 Å². The molecule has 0 radical (unpaired) electrons. The fourth-order valence-electron chi connectivity index (χ4n) is 2.18. The monoisotopic (exact) mass is 426 g/mol. The van der Waals surface area contributed by atoms with Crippen molar-refractivity contribution < 1.29 is 17.6 Å². The number of anilines is 2. The molecule has 0 aliphatic carbocycles. The van der Waals surface area contributed by atoms with Crippen LogP contribution in [0.25, 0.3) is 0 Å². The first-order valence-corrected chi connectivity index (χ1v) is 10.1. The van der Waals surface area contributed by atoms with Crippen LogP contribution < -0.4 is 9.62 Å². The summed E-state index contributed by atoms with van der Waals surface area (Å²) in [7, 11) is -2.66. The molecule has 2 aromatic carbocycles. The van der Waals surface area contributed by atoms with E-state index < -0.39 is 21.7 Å². The zero-order valence-corrected chi connectivity index (χ0v) is 16.1. The Morgan fingerprint density at radius 3 is 2.56 bits per heavy atom. The van der Waals surface area contributed by atoms with Gasteiger partial charge in [0, 0.05) is 7.05 Å². The molecule has 1 N–H and O–H groups in total. The smallest absolute Gasteiger partial charge is 0.264 e. The number of amides is 1. The molecule has 0 fully saturated rings. The molecule has 27 heavy (non-hydrogen) atoms. The largest absolute Gasteiger partial charge is 0.296 e. The molecule has 0 saturated heterocycles. The summed E-state index contributed by atoms with van der Waals surface area (Å²) in [5, 5.41) is 10.1. The van der Waals surface area contributed by atoms with Crippen LogP contribution in [-0.4, -0.2) is 31.6 Å². The number of nitrogens with zero attached hydrogens (tertiary/aromatic N) is 3. The predicted molar refractivity (Wildman–Crippen MR) is 101 cm³/mol. The first-order chi connectivity index (χ1) is 12.8. The molecule has 0 aliphatic rings. The normalized spacial score (nSPS) is 11.2. The first kappa shape index (κ1) is 19.2. The van der Waals surface area contributed by atoms with Gasteiger partial charge in [-0.3, -0.25) is 14.4 Å². The summed E-state index contributed by atoms with van der Waals surface area (Å²) in [5.74, 6) is -1.09. The van der Waals surface area contributed by atoms with Crippen LogP contribution in [0.3, 0.4) is 0 Å². The first-order valence-electron chi connectivity index (χ1n) is 7.40. The minimum atomic E-state index is -3.99. The minimum absolute atomic E-state index is 0.0274. The summed E-state index contributed by atoms with van der Waals surface area (Å²) < 4.78 is 39.8. The molecule has 0 spiro atoms. The number of carbonyl (C=O) groups excluding carboxylic acids is 1. The van der Waals surface area contributed by atoms with Gasteiger partial charge in [-0.1, -0.05) is 22.9 Å². The van der Waals surface area contributed by atoms with Crippen LogP contribution in [0.4, 0.5) is 15.2 Å². The van der Waals surface area contributed by atoms with Crippen molar-refractivity contribution in [1.29, 1.82) is 0 Å². The Kier molecular flexibility index (Phi) is 5.40. The number of nitrogens with one attached hydrogen (secondary N) is 1. The number of hydrogen-bond acceptors (Lipinski definition) is 6. The van der Waals surface area contributed by atoms with Crippen molar-refractivity contribution >= 4 is 49.7 Å². The Bertz CT molecular complexity index is 1070. The molecule has 1 heterocycles. The van der Waals surface area contributed by atoms with Gasteiger partial charge < -0.3 is 0 Å². The molecule has 7 nitrogen and oxygen atoms in total. The van der Waals surface area contributed by atoms with Gasteiger partial charge in [0.1, 0.15) is 11.3 Å². The molecule has 1 aromatic heterocycles. The fraction of sp³-hybridized carbons (Fsp3) is 0.0625. The molecule has 11 heteroatoms. The molecule has 140 valence electrons. The number of carbonyl (C=O) groups is 1. The highest BCUT2D eigenvalue weighted by molar-refractivity contribution is 7.92. The Morgan fingerprint density at radius 1 is 1.22 bits per heavy atom. The number of sulfonamides is 1. The highest BCUT2D eigenvalue weighted by Crippen LogP contribution is 2.26. The van der Waals surface area contributed by atoms with Gasteiger partial charge in [0.2, 0.25) is 5.13 Å². The van der Waals surface area contributed by atoms with Crippen molar-refractivity contribution in [2.45, 2.75) is 4.90 Å². The lowest BCUT2D eigenvalue weighted by Crippen LogP contribution is -2.27. The van der Waals surface area contributed by atoms with Crippen LogP contribution >= 0.6 is 22.9 Å². The maximum absolute atomic E-state index is 13.1. The van der Waals surface area contributed by atoms with E-state index in [1.807, 2.05) is 0 Å². The molecule has 0 saturated carbocycles. The van der Waals surface area contributed by atoms with E-state index >= 15 is 0 Å². The highest BCUT2D eigenvalue weighted by Gasteiger charge is 2.24. The molecule has 0 bridgehead atoms. The number of rotatable bonds is 5. The Balaban J connectivity index is 1.94. The molecule has 0 unspecified atom stereocenters. The second kappa shape index (κ2) is 7.59. The highest BCUT2D eigenvalue weighted by atomic mass is 35.5. The van der Waals surface area contributed by atoms with E-state index in [4.69, 9.17) is 11.6 Å². The van der Waals surface area contributed by atoms with E-state index in [2.05, 4.69) is 15.5 Å². The van der Waals surface area contributed by atoms with Gasteiger partial charge in [0.05, 0.1) is 21.2 Å². The quantitative estimate of drug-likeness (QED) is 0.675. The Labute approximate surface area is 163 Å². The van der Waals surface area contributed by atoms with Gasteiger partial charge in [0.15, 0.2) is 0 Å². The van der Waals surface area contributed by atoms with E-state index in [9.17, 15) is 17.6 Å². The SMILES string of the molecule is CN(c1ccc(F)cc1)S(=O)(=O)c1ccc(Cl)c(C(=O)Nc2nncs2)c1. The van der Waals surface area contributed by atoms with Crippen LogP contribution in [0.15, 0.2) is 52.9 Å². The Hall–Kier alpha value is -2.56. The number of halogens is 2. The number of benzene rings is 2. The second-order valence-electron chi connectivity index (χ2n) is 5.29. The third-order valence-corrected chi connectivity index (χ3v) is 6.33. The van der Waals surface area contributed by atoms with E-state index in [0.29, 0.717) is 0 Å². The number of aromatic nitrogens is 2. The maximum Gasteiger partial charge on any atom is 0.264 e. The van der Waals surface area contributed by atoms with Gasteiger partial charge in [0.25, 0.3) is 15.9 Å². The molecule has 0 aliphatic heterocycles. The van der Waals surface area contributed by atoms with Crippen molar-refractivity contribution in [2.75, 3.05) is 16.7 Å². The van der Waals surface area contributed by atoms with Gasteiger partial charge in [-0.25, -0.2) is 12.8 Å². The van der Waals surface area contributed by atoms with Crippen LogP contribution in [0, 0.1) is 5.82 Å². The summed E-state index contributed by atoms with van der Waals surface area (Å²) in [6, 6.07) is 8.78. The molecule has 3 aromatic rings. The van der Waals surface area contributed by atoms with E-state index in [-0.39, 0.29) is 26.3 Å². The minimum Gasteiger partial charge on any atom is -0.296 e. The lowest BCUT2D eigenvalue weighted by atomic mass is 10.2. The lowest BCUT2D eigenvalue weighted by molar-refractivity contribution is 0.102. The predicted octanol–water partition coefficient (Wildman–Crippen LogP) is 3.41. The van der Waals surface area contributed by atoms with Crippen LogP contribution in [0.5, 0.6) is 0 Å². The summed E-state index contributed by atoms with van der Waals surface area (Å²) in [5.41, 5.74) is 1.68. The summed E-state index contributed by atoms with van der Waals surface area (Å²) in [4.78, 5) is 12.2. The van der Waals surface area contributed by atoms with E-state index in [0.717, 1.165) is 27.8 Å². The number of hydrogen-bond donors (Lipinski definition) is 1. The average molecular weight is 427 g/mol. The third kappa shape index (κ3) is 4.07. The van der Waals surface area contributed by atoms with Crippen LogP contribution in [0.2, 0.25) is 5.02 Å². The van der Waals surface area contributed by atoms with Crippen molar-refractivity contribution in [2.24, 2.45) is 0 Å². The molecule has 3 rings (SSSR count). The van der Waals surface area contributed by atoms with E-state index in [1.165, 1.54) is 42.9 Å². The third-order valence-electron chi connectivity index (χ3n) is 3.61. The standard InChI is InChI=1S/C16H12ClFN4O3S2/c1-22(11-4-2-10(18)3-5-11)27(24,25)12-6-7-14(17)13(8-12)15(23)20-16-21-19-9-26-16/h2-9H,1H3,(H,20,21,23). The van der Waals surface area contributed by atoms with E-state index in [1.54, 1.807) is 0 Å². The molecular formula is C16H12ClFN4O3S2. The summed E-state index contributed by atoms with van der Waals surface area (Å²) in [6.07, 6.45) is 0. The van der Waals surface area contributed by atoms with Crippen molar-refractivity contribution in [3.05, 3.63) is 64.4 Å². The second-order valence-corrected chi connectivity index (χ2v) is 8.50. The van der Waals surface area contributed by atoms with Gasteiger partial charge in [-0.2, -0.15) is 0 Å². The summed E-state index contributed by atoms with van der Waals surface area (Å²) in [6.45, 7) is 0. The zero-order valence-electron chi connectivity index (χ0n) is 13.8. The van der Waals surface area contributed by atoms with Crippen molar-refractivity contribution in [1.82, 2.24) is 10.2 Å². The fourth-order valence-corrected chi connectivity index (χ4v) is 4.04. The summed E-state index contributed by atoms with van der Waals surface area (Å²) >= 11 is 7.16. The molecule has 1 amide bonds. The zero-order chi connectivity index (χ0) is 19.6. The van der Waals surface area contributed by atoms with Gasteiger partial charge in [-0.15, -0.1) is 10.2 Å². The molecular weight excluding hydrogens is 415 g/mol. The Morgan fingerprint density at radius 2 is 1.93 bits per heavy atom. The van der Waals surface area contributed by atoms with Crippen molar-refractivity contribution in [3.63, 3.8) is 0 Å². The van der Waals surface area contributed by atoms with Crippen molar-refractivity contribution in [3.8, 4) is 0 Å². The maximum atomic E-state index is 13.1. The van der Waals surface area contributed by atoms with Gasteiger partial charge in [-0.05, 0) is 42.5 Å². The average Bonchev–Trinajstić information content (AvgIpc) is 3.14. The van der Waals surface area contributed by atoms with Crippen LogP contribution in [-0.2, 0) is 10.0 Å². The van der Waals surface area contributed by atoms with Gasteiger partial charge >= 0.3 is 0 Å². The topological polar surface area (TPSA) is 92.3 Å². The molecule has 0 atom stereocenters. The lowest BCUT2D eigenvalue weighted by Gasteiger charge is -2.20.